The smallest absolute Gasteiger partial charge is 0.403 e. The lowest BCUT2D eigenvalue weighted by atomic mass is 9.62. The highest BCUT2D eigenvalue weighted by atomic mass is 16.7. The maximum absolute atomic E-state index is 6.16. The molecule has 0 amide bonds. The summed E-state index contributed by atoms with van der Waals surface area (Å²) in [5.41, 5.74) is -0.360. The maximum Gasteiger partial charge on any atom is 0.461 e. The predicted octanol–water partition coefficient (Wildman–Crippen LogP) is 4.05. The third-order valence-electron chi connectivity index (χ3n) is 5.09. The minimum Gasteiger partial charge on any atom is -0.403 e. The second-order valence-corrected chi connectivity index (χ2v) is 6.88. The Bertz CT molecular complexity index is 253. The summed E-state index contributed by atoms with van der Waals surface area (Å²) >= 11 is 0. The minimum absolute atomic E-state index is 0.0110. The summed E-state index contributed by atoms with van der Waals surface area (Å²) < 4.78 is 12.3. The first-order valence-electron chi connectivity index (χ1n) is 7.19. The maximum atomic E-state index is 6.16. The van der Waals surface area contributed by atoms with Crippen molar-refractivity contribution >= 4 is 7.12 Å². The molecule has 0 unspecified atom stereocenters. The number of rotatable bonds is 2. The van der Waals surface area contributed by atoms with Crippen molar-refractivity contribution in [3.63, 3.8) is 0 Å². The lowest BCUT2D eigenvalue weighted by Crippen LogP contribution is -2.41. The Morgan fingerprint density at radius 3 is 1.88 bits per heavy atom. The summed E-state index contributed by atoms with van der Waals surface area (Å²) in [7, 11) is -0.0110. The molecular formula is C14H27BO2. The van der Waals surface area contributed by atoms with Crippen LogP contribution in [-0.2, 0) is 9.31 Å². The van der Waals surface area contributed by atoms with Crippen LogP contribution in [0.3, 0.4) is 0 Å². The molecule has 0 spiro atoms. The lowest BCUT2D eigenvalue weighted by molar-refractivity contribution is 0.00578. The molecule has 2 nitrogen and oxygen atoms in total. The van der Waals surface area contributed by atoms with E-state index in [-0.39, 0.29) is 18.3 Å². The molecule has 2 fully saturated rings. The van der Waals surface area contributed by atoms with Gasteiger partial charge in [-0.1, -0.05) is 39.0 Å². The van der Waals surface area contributed by atoms with Gasteiger partial charge in [0.2, 0.25) is 0 Å². The second kappa shape index (κ2) is 4.58. The van der Waals surface area contributed by atoms with Gasteiger partial charge in [0.05, 0.1) is 11.2 Å². The van der Waals surface area contributed by atoms with E-state index in [0.29, 0.717) is 5.82 Å². The number of hydrogen-bond donors (Lipinski definition) is 0. The molecule has 0 aromatic carbocycles. The molecule has 3 heteroatoms. The van der Waals surface area contributed by atoms with E-state index in [0.717, 1.165) is 5.92 Å². The molecule has 1 aliphatic heterocycles. The van der Waals surface area contributed by atoms with Crippen LogP contribution in [0.15, 0.2) is 0 Å². The van der Waals surface area contributed by atoms with Crippen LogP contribution in [0.25, 0.3) is 0 Å². The van der Waals surface area contributed by atoms with E-state index in [1.54, 1.807) is 0 Å². The van der Waals surface area contributed by atoms with E-state index in [4.69, 9.17) is 9.31 Å². The molecule has 17 heavy (non-hydrogen) atoms. The molecule has 1 aliphatic carbocycles. The average molecular weight is 238 g/mol. The summed E-state index contributed by atoms with van der Waals surface area (Å²) in [6, 6.07) is 0. The third-order valence-corrected chi connectivity index (χ3v) is 5.09. The molecule has 0 aromatic heterocycles. The van der Waals surface area contributed by atoms with Gasteiger partial charge in [-0.2, -0.15) is 0 Å². The molecule has 0 radical (unpaired) electrons. The van der Waals surface area contributed by atoms with Gasteiger partial charge in [0.15, 0.2) is 0 Å². The molecule has 2 aliphatic rings. The zero-order valence-corrected chi connectivity index (χ0v) is 12.1. The number of hydrogen-bond acceptors (Lipinski definition) is 2. The van der Waals surface area contributed by atoms with Gasteiger partial charge < -0.3 is 9.31 Å². The first-order valence-corrected chi connectivity index (χ1v) is 7.19. The van der Waals surface area contributed by atoms with E-state index in [2.05, 4.69) is 34.6 Å². The normalized spacial score (nSPS) is 30.5. The third kappa shape index (κ3) is 2.55. The van der Waals surface area contributed by atoms with Crippen LogP contribution in [0.2, 0.25) is 5.82 Å². The molecule has 0 aromatic rings. The summed E-state index contributed by atoms with van der Waals surface area (Å²) in [6.45, 7) is 10.9. The van der Waals surface area contributed by atoms with Crippen molar-refractivity contribution < 1.29 is 9.31 Å². The highest BCUT2D eigenvalue weighted by Gasteiger charge is 2.53. The van der Waals surface area contributed by atoms with Crippen LogP contribution < -0.4 is 0 Å². The molecule has 1 saturated heterocycles. The lowest BCUT2D eigenvalue weighted by Gasteiger charge is -2.32. The molecule has 2 rings (SSSR count). The fourth-order valence-corrected chi connectivity index (χ4v) is 2.99. The van der Waals surface area contributed by atoms with Crippen LogP contribution in [0.1, 0.15) is 66.7 Å². The van der Waals surface area contributed by atoms with E-state index >= 15 is 0 Å². The Hall–Kier alpha value is -0.0151. The molecule has 1 atom stereocenters. The Labute approximate surface area is 107 Å². The van der Waals surface area contributed by atoms with Gasteiger partial charge in [0, 0.05) is 0 Å². The molecule has 98 valence electrons. The summed E-state index contributed by atoms with van der Waals surface area (Å²) in [5.74, 6) is 1.31. The average Bonchev–Trinajstić information content (AvgIpc) is 2.48. The topological polar surface area (TPSA) is 18.5 Å². The highest BCUT2D eigenvalue weighted by molar-refractivity contribution is 6.47. The van der Waals surface area contributed by atoms with Crippen LogP contribution >= 0.6 is 0 Å². The Morgan fingerprint density at radius 1 is 0.941 bits per heavy atom. The van der Waals surface area contributed by atoms with Crippen LogP contribution in [0.5, 0.6) is 0 Å². The molecule has 1 heterocycles. The minimum atomic E-state index is -0.180. The van der Waals surface area contributed by atoms with Gasteiger partial charge in [-0.05, 0) is 39.4 Å². The summed E-state index contributed by atoms with van der Waals surface area (Å²) in [6.07, 6.45) is 6.88. The predicted molar refractivity (Wildman–Crippen MR) is 72.1 cm³/mol. The van der Waals surface area contributed by atoms with Crippen molar-refractivity contribution in [1.82, 2.24) is 0 Å². The standard InChI is InChI=1S/C14H27BO2/c1-11(12-9-7-6-8-10-12)15-16-13(2,3)14(4,5)17-15/h11-12H,6-10H2,1-5H3/t11-/m0/s1. The first kappa shape index (κ1) is 13.4. The van der Waals surface area contributed by atoms with Crippen molar-refractivity contribution in [2.45, 2.75) is 83.7 Å². The van der Waals surface area contributed by atoms with Crippen molar-refractivity contribution in [3.05, 3.63) is 0 Å². The van der Waals surface area contributed by atoms with Crippen LogP contribution in [-0.4, -0.2) is 18.3 Å². The fourth-order valence-electron chi connectivity index (χ4n) is 2.99. The van der Waals surface area contributed by atoms with Gasteiger partial charge in [0.25, 0.3) is 0 Å². The molecule has 0 N–H and O–H groups in total. The Kier molecular flexibility index (Phi) is 3.62. The zero-order valence-electron chi connectivity index (χ0n) is 12.1. The van der Waals surface area contributed by atoms with E-state index in [1.165, 1.54) is 32.1 Å². The van der Waals surface area contributed by atoms with Crippen LogP contribution in [0, 0.1) is 5.92 Å². The fraction of sp³-hybridized carbons (Fsp3) is 1.00. The van der Waals surface area contributed by atoms with Crippen molar-refractivity contribution in [1.29, 1.82) is 0 Å². The van der Waals surface area contributed by atoms with Crippen LogP contribution in [0.4, 0.5) is 0 Å². The second-order valence-electron chi connectivity index (χ2n) is 6.88. The van der Waals surface area contributed by atoms with Gasteiger partial charge in [-0.15, -0.1) is 0 Å². The van der Waals surface area contributed by atoms with E-state index < -0.39 is 0 Å². The molecule has 1 saturated carbocycles. The van der Waals surface area contributed by atoms with Crippen molar-refractivity contribution in [3.8, 4) is 0 Å². The van der Waals surface area contributed by atoms with E-state index in [1.807, 2.05) is 0 Å². The monoisotopic (exact) mass is 238 g/mol. The summed E-state index contributed by atoms with van der Waals surface area (Å²) in [5, 5.41) is 0. The zero-order chi connectivity index (χ0) is 12.7. The van der Waals surface area contributed by atoms with Gasteiger partial charge >= 0.3 is 7.12 Å². The van der Waals surface area contributed by atoms with Crippen molar-refractivity contribution in [2.24, 2.45) is 5.92 Å². The molecular weight excluding hydrogens is 211 g/mol. The Morgan fingerprint density at radius 2 is 1.41 bits per heavy atom. The van der Waals surface area contributed by atoms with Crippen molar-refractivity contribution in [2.75, 3.05) is 0 Å². The SMILES string of the molecule is C[C@H](B1OC(C)(C)C(C)(C)O1)C1CCCCC1. The van der Waals surface area contributed by atoms with E-state index in [9.17, 15) is 0 Å². The van der Waals surface area contributed by atoms with Gasteiger partial charge in [-0.25, -0.2) is 0 Å². The highest BCUT2D eigenvalue weighted by Crippen LogP contribution is 2.44. The molecule has 0 bridgehead atoms. The largest absolute Gasteiger partial charge is 0.461 e. The van der Waals surface area contributed by atoms with Gasteiger partial charge in [0.1, 0.15) is 0 Å². The Balaban J connectivity index is 1.99. The quantitative estimate of drug-likeness (QED) is 0.675. The summed E-state index contributed by atoms with van der Waals surface area (Å²) in [4.78, 5) is 0. The first-order chi connectivity index (χ1) is 7.83. The van der Waals surface area contributed by atoms with Gasteiger partial charge in [-0.3, -0.25) is 0 Å².